The normalized spacial score (nSPS) is 10.1. The summed E-state index contributed by atoms with van der Waals surface area (Å²) in [5, 5.41) is 9.44. The topological polar surface area (TPSA) is 29.5 Å². The Kier molecular flexibility index (Phi) is 4.62. The minimum Gasteiger partial charge on any atom is -0.494 e. The van der Waals surface area contributed by atoms with Crippen LogP contribution in [-0.4, -0.2) is 18.5 Å². The Balaban J connectivity index is 2.77. The molecule has 15 heavy (non-hydrogen) atoms. The number of halogens is 1. The summed E-state index contributed by atoms with van der Waals surface area (Å²) in [5.74, 6) is 0.216. The van der Waals surface area contributed by atoms with Gasteiger partial charge in [-0.2, -0.15) is 0 Å². The third kappa shape index (κ3) is 3.55. The van der Waals surface area contributed by atoms with Crippen molar-refractivity contribution >= 4 is 12.4 Å². The van der Waals surface area contributed by atoms with Gasteiger partial charge in [0, 0.05) is 0 Å². The maximum absolute atomic E-state index is 12.9. The summed E-state index contributed by atoms with van der Waals surface area (Å²) in [4.78, 5) is 0. The van der Waals surface area contributed by atoms with Crippen molar-refractivity contribution in [2.45, 2.75) is 26.6 Å². The molecule has 0 radical (unpaired) electrons. The molecule has 1 N–H and O–H groups in total. The van der Waals surface area contributed by atoms with Crippen molar-refractivity contribution in [3.05, 3.63) is 24.0 Å². The molecule has 82 valence electrons. The maximum atomic E-state index is 12.9. The van der Waals surface area contributed by atoms with Crippen LogP contribution in [0.5, 0.6) is 5.75 Å². The molecule has 0 aliphatic rings. The van der Waals surface area contributed by atoms with Gasteiger partial charge >= 0.3 is 6.92 Å². The van der Waals surface area contributed by atoms with Crippen molar-refractivity contribution in [3.63, 3.8) is 0 Å². The Morgan fingerprint density at radius 3 is 2.80 bits per heavy atom. The number of rotatable bonds is 5. The van der Waals surface area contributed by atoms with Gasteiger partial charge in [-0.05, 0) is 30.1 Å². The molecule has 1 rings (SSSR count). The number of benzene rings is 1. The second kappa shape index (κ2) is 5.76. The van der Waals surface area contributed by atoms with Crippen molar-refractivity contribution in [3.8, 4) is 5.75 Å². The second-order valence-electron chi connectivity index (χ2n) is 3.56. The molecule has 0 atom stereocenters. The summed E-state index contributed by atoms with van der Waals surface area (Å²) >= 11 is 0. The maximum Gasteiger partial charge on any atom is 0.324 e. The van der Waals surface area contributed by atoms with Crippen LogP contribution in [-0.2, 0) is 0 Å². The summed E-state index contributed by atoms with van der Waals surface area (Å²) in [6.45, 7) is 3.56. The van der Waals surface area contributed by atoms with Gasteiger partial charge in [-0.25, -0.2) is 4.39 Å². The Labute approximate surface area is 90.2 Å². The Hall–Kier alpha value is -1.03. The average Bonchev–Trinajstić information content (AvgIpc) is 2.20. The van der Waals surface area contributed by atoms with Crippen LogP contribution in [0.25, 0.3) is 0 Å². The molecule has 0 fully saturated rings. The number of unbranched alkanes of at least 4 members (excludes halogenated alkanes) is 1. The smallest absolute Gasteiger partial charge is 0.324 e. The fourth-order valence-electron chi connectivity index (χ4n) is 1.30. The van der Waals surface area contributed by atoms with E-state index < -0.39 is 6.92 Å². The molecule has 0 spiro atoms. The lowest BCUT2D eigenvalue weighted by atomic mass is 9.64. The zero-order valence-electron chi connectivity index (χ0n) is 9.16. The van der Waals surface area contributed by atoms with Crippen LogP contribution in [0.2, 0.25) is 6.82 Å². The zero-order chi connectivity index (χ0) is 11.3. The Bertz CT molecular complexity index is 315. The second-order valence-corrected chi connectivity index (χ2v) is 3.56. The highest BCUT2D eigenvalue weighted by Gasteiger charge is 2.14. The van der Waals surface area contributed by atoms with Crippen LogP contribution in [0.4, 0.5) is 4.39 Å². The lowest BCUT2D eigenvalue weighted by molar-refractivity contribution is 0.311. The molecule has 4 heteroatoms. The predicted molar refractivity (Wildman–Crippen MR) is 60.3 cm³/mol. The standard InChI is InChI=1S/C11H16BFO2/c1-3-4-7-15-11-6-5-9(13)8-10(11)12(2)14/h5-6,8,14H,3-4,7H2,1-2H3. The largest absolute Gasteiger partial charge is 0.494 e. The van der Waals surface area contributed by atoms with Crippen LogP contribution in [0.1, 0.15) is 19.8 Å². The predicted octanol–water partition coefficient (Wildman–Crippen LogP) is 1.83. The van der Waals surface area contributed by atoms with E-state index in [1.165, 1.54) is 12.1 Å². The van der Waals surface area contributed by atoms with Crippen molar-refractivity contribution in [1.29, 1.82) is 0 Å². The molecule has 2 nitrogen and oxygen atoms in total. The summed E-state index contributed by atoms with van der Waals surface area (Å²) < 4.78 is 18.4. The van der Waals surface area contributed by atoms with E-state index in [0.717, 1.165) is 12.8 Å². The molecule has 1 aromatic carbocycles. The van der Waals surface area contributed by atoms with E-state index in [1.807, 2.05) is 0 Å². The van der Waals surface area contributed by atoms with Gasteiger partial charge in [0.25, 0.3) is 0 Å². The summed E-state index contributed by atoms with van der Waals surface area (Å²) in [7, 11) is 0. The molecule has 0 bridgehead atoms. The van der Waals surface area contributed by atoms with E-state index >= 15 is 0 Å². The molecule has 0 aliphatic heterocycles. The first-order valence-electron chi connectivity index (χ1n) is 5.25. The van der Waals surface area contributed by atoms with Crippen LogP contribution >= 0.6 is 0 Å². The van der Waals surface area contributed by atoms with Gasteiger partial charge in [0.2, 0.25) is 0 Å². The van der Waals surface area contributed by atoms with Crippen LogP contribution in [0, 0.1) is 5.82 Å². The van der Waals surface area contributed by atoms with Gasteiger partial charge in [-0.1, -0.05) is 20.2 Å². The number of ether oxygens (including phenoxy) is 1. The number of hydrogen-bond donors (Lipinski definition) is 1. The molecule has 0 unspecified atom stereocenters. The SMILES string of the molecule is CCCCOc1ccc(F)cc1B(C)O. The zero-order valence-corrected chi connectivity index (χ0v) is 9.16. The molecule has 1 aromatic rings. The molecule has 0 aromatic heterocycles. The molecule has 0 heterocycles. The lowest BCUT2D eigenvalue weighted by Gasteiger charge is -2.11. The summed E-state index contributed by atoms with van der Waals surface area (Å²) in [6.07, 6.45) is 2.00. The minimum atomic E-state index is -0.711. The summed E-state index contributed by atoms with van der Waals surface area (Å²) in [5.41, 5.74) is 0.506. The number of hydrogen-bond acceptors (Lipinski definition) is 2. The summed E-state index contributed by atoms with van der Waals surface area (Å²) in [6, 6.07) is 4.21. The van der Waals surface area contributed by atoms with Gasteiger partial charge in [-0.15, -0.1) is 0 Å². The third-order valence-corrected chi connectivity index (χ3v) is 2.18. The average molecular weight is 210 g/mol. The Morgan fingerprint density at radius 1 is 1.47 bits per heavy atom. The first-order valence-corrected chi connectivity index (χ1v) is 5.25. The van der Waals surface area contributed by atoms with Gasteiger partial charge in [-0.3, -0.25) is 0 Å². The molecule has 0 aliphatic carbocycles. The van der Waals surface area contributed by atoms with Crippen molar-refractivity contribution in [2.24, 2.45) is 0 Å². The van der Waals surface area contributed by atoms with Gasteiger partial charge in [0.1, 0.15) is 11.6 Å². The van der Waals surface area contributed by atoms with Gasteiger partial charge < -0.3 is 9.76 Å². The third-order valence-electron chi connectivity index (χ3n) is 2.18. The molecule has 0 amide bonds. The monoisotopic (exact) mass is 210 g/mol. The molecule has 0 saturated heterocycles. The van der Waals surface area contributed by atoms with E-state index in [9.17, 15) is 9.41 Å². The van der Waals surface area contributed by atoms with Crippen LogP contribution in [0.15, 0.2) is 18.2 Å². The fourth-order valence-corrected chi connectivity index (χ4v) is 1.30. The first-order chi connectivity index (χ1) is 7.15. The van der Waals surface area contributed by atoms with Crippen molar-refractivity contribution < 1.29 is 14.2 Å². The molecule has 0 saturated carbocycles. The first kappa shape index (κ1) is 12.0. The quantitative estimate of drug-likeness (QED) is 0.593. The molecular formula is C11H16BFO2. The van der Waals surface area contributed by atoms with E-state index in [1.54, 1.807) is 12.9 Å². The fraction of sp³-hybridized carbons (Fsp3) is 0.455. The Morgan fingerprint density at radius 2 is 2.20 bits per heavy atom. The van der Waals surface area contributed by atoms with Crippen molar-refractivity contribution in [1.82, 2.24) is 0 Å². The molecular weight excluding hydrogens is 194 g/mol. The van der Waals surface area contributed by atoms with Crippen LogP contribution < -0.4 is 10.2 Å². The van der Waals surface area contributed by atoms with Gasteiger partial charge in [0.05, 0.1) is 6.61 Å². The van der Waals surface area contributed by atoms with E-state index in [0.29, 0.717) is 17.8 Å². The highest BCUT2D eigenvalue weighted by molar-refractivity contribution is 6.65. The lowest BCUT2D eigenvalue weighted by Crippen LogP contribution is -2.28. The van der Waals surface area contributed by atoms with E-state index in [4.69, 9.17) is 4.74 Å². The van der Waals surface area contributed by atoms with E-state index in [-0.39, 0.29) is 5.82 Å². The highest BCUT2D eigenvalue weighted by Crippen LogP contribution is 2.10. The minimum absolute atomic E-state index is 0.353. The van der Waals surface area contributed by atoms with E-state index in [2.05, 4.69) is 6.92 Å². The van der Waals surface area contributed by atoms with Crippen LogP contribution in [0.3, 0.4) is 0 Å². The van der Waals surface area contributed by atoms with Gasteiger partial charge in [0.15, 0.2) is 0 Å². The van der Waals surface area contributed by atoms with Crippen molar-refractivity contribution in [2.75, 3.05) is 6.61 Å². The highest BCUT2D eigenvalue weighted by atomic mass is 19.1.